The number of aromatic amines is 1. The van der Waals surface area contributed by atoms with Gasteiger partial charge in [-0.05, 0) is 37.4 Å². The first kappa shape index (κ1) is 14.7. The van der Waals surface area contributed by atoms with Crippen molar-refractivity contribution in [3.8, 4) is 0 Å². The smallest absolute Gasteiger partial charge is 0.274 e. The van der Waals surface area contributed by atoms with Crippen molar-refractivity contribution in [2.45, 2.75) is 39.7 Å². The maximum Gasteiger partial charge on any atom is 0.274 e. The van der Waals surface area contributed by atoms with Crippen molar-refractivity contribution in [1.82, 2.24) is 14.5 Å². The van der Waals surface area contributed by atoms with E-state index in [1.165, 1.54) is 24.2 Å². The van der Waals surface area contributed by atoms with Crippen LogP contribution >= 0.6 is 23.6 Å². The average molecular weight is 324 g/mol. The zero-order valence-electron chi connectivity index (χ0n) is 12.4. The Labute approximate surface area is 132 Å². The summed E-state index contributed by atoms with van der Waals surface area (Å²) in [4.78, 5) is 22.5. The van der Waals surface area contributed by atoms with E-state index >= 15 is 0 Å². The highest BCUT2D eigenvalue weighted by Crippen LogP contribution is 2.29. The van der Waals surface area contributed by atoms with Gasteiger partial charge >= 0.3 is 0 Å². The van der Waals surface area contributed by atoms with Crippen LogP contribution in [0.3, 0.4) is 0 Å². The molecule has 0 spiro atoms. The summed E-state index contributed by atoms with van der Waals surface area (Å²) in [5.74, 6) is 0.781. The van der Waals surface area contributed by atoms with Crippen LogP contribution < -0.4 is 10.5 Å². The van der Waals surface area contributed by atoms with E-state index in [1.54, 1.807) is 4.57 Å². The molecule has 0 aromatic carbocycles. The highest BCUT2D eigenvalue weighted by molar-refractivity contribution is 7.71. The first-order valence-electron chi connectivity index (χ1n) is 7.48. The number of piperidine rings is 1. The van der Waals surface area contributed by atoms with Crippen LogP contribution in [-0.2, 0) is 6.54 Å². The van der Waals surface area contributed by atoms with Gasteiger partial charge in [0, 0.05) is 19.6 Å². The molecule has 3 heterocycles. The van der Waals surface area contributed by atoms with Gasteiger partial charge in [0.2, 0.25) is 0 Å². The Balaban J connectivity index is 2.02. The third-order valence-corrected chi connectivity index (χ3v) is 5.45. The molecule has 5 nitrogen and oxygen atoms in total. The van der Waals surface area contributed by atoms with E-state index in [1.807, 2.05) is 6.92 Å². The van der Waals surface area contributed by atoms with Gasteiger partial charge in [0.1, 0.15) is 4.70 Å². The highest BCUT2D eigenvalue weighted by atomic mass is 32.1. The van der Waals surface area contributed by atoms with Gasteiger partial charge in [0.15, 0.2) is 15.5 Å². The van der Waals surface area contributed by atoms with Gasteiger partial charge in [0.25, 0.3) is 5.56 Å². The zero-order chi connectivity index (χ0) is 15.0. The van der Waals surface area contributed by atoms with Crippen LogP contribution in [0.1, 0.15) is 33.1 Å². The second-order valence-corrected chi connectivity index (χ2v) is 7.09. The van der Waals surface area contributed by atoms with Crippen molar-refractivity contribution in [3.05, 3.63) is 15.1 Å². The van der Waals surface area contributed by atoms with Crippen LogP contribution in [-0.4, -0.2) is 27.6 Å². The molecule has 0 unspecified atom stereocenters. The van der Waals surface area contributed by atoms with Crippen LogP contribution in [0, 0.1) is 10.7 Å². The van der Waals surface area contributed by atoms with Gasteiger partial charge in [-0.25, -0.2) is 4.98 Å². The number of H-pyrrole nitrogens is 1. The van der Waals surface area contributed by atoms with Crippen LogP contribution in [0.15, 0.2) is 4.79 Å². The van der Waals surface area contributed by atoms with Crippen molar-refractivity contribution < 1.29 is 0 Å². The fraction of sp³-hybridized carbons (Fsp3) is 0.643. The number of rotatable bonds is 3. The molecule has 1 aliphatic rings. The van der Waals surface area contributed by atoms with E-state index in [0.29, 0.717) is 21.7 Å². The molecule has 1 N–H and O–H groups in total. The summed E-state index contributed by atoms with van der Waals surface area (Å²) in [6.07, 6.45) is 3.26. The molecule has 0 bridgehead atoms. The lowest BCUT2D eigenvalue weighted by molar-refractivity contribution is 0.438. The van der Waals surface area contributed by atoms with Crippen molar-refractivity contribution in [2.24, 2.45) is 5.92 Å². The van der Waals surface area contributed by atoms with E-state index in [4.69, 9.17) is 12.2 Å². The Morgan fingerprint density at radius 2 is 2.14 bits per heavy atom. The Hall–Kier alpha value is -1.21. The van der Waals surface area contributed by atoms with Crippen LogP contribution in [0.2, 0.25) is 0 Å². The quantitative estimate of drug-likeness (QED) is 0.881. The van der Waals surface area contributed by atoms with Gasteiger partial charge in [-0.2, -0.15) is 0 Å². The molecule has 0 amide bonds. The van der Waals surface area contributed by atoms with Crippen molar-refractivity contribution in [3.63, 3.8) is 0 Å². The molecule has 0 atom stereocenters. The standard InChI is InChI=1S/C14H20N4OS2/c1-3-6-18-12(19)10-11(15-13(18)20)16-14(21-10)17-7-4-9(2)5-8-17/h9H,3-8H2,1-2H3,(H,15,20). The molecule has 21 heavy (non-hydrogen) atoms. The normalized spacial score (nSPS) is 16.8. The predicted molar refractivity (Wildman–Crippen MR) is 90.0 cm³/mol. The predicted octanol–water partition coefficient (Wildman–Crippen LogP) is 3.16. The number of aromatic nitrogens is 3. The SMILES string of the molecule is CCCn1c(=S)[nH]c2nc(N3CCC(C)CC3)sc2c1=O. The molecule has 1 saturated heterocycles. The van der Waals surface area contributed by atoms with E-state index in [9.17, 15) is 4.79 Å². The highest BCUT2D eigenvalue weighted by Gasteiger charge is 2.20. The third-order valence-electron chi connectivity index (χ3n) is 4.03. The molecular formula is C14H20N4OS2. The second-order valence-electron chi connectivity index (χ2n) is 5.73. The van der Waals surface area contributed by atoms with E-state index < -0.39 is 0 Å². The molecule has 0 radical (unpaired) electrons. The van der Waals surface area contributed by atoms with E-state index in [0.717, 1.165) is 30.6 Å². The molecule has 7 heteroatoms. The third kappa shape index (κ3) is 2.76. The summed E-state index contributed by atoms with van der Waals surface area (Å²) in [7, 11) is 0. The number of fused-ring (bicyclic) bond motifs is 1. The lowest BCUT2D eigenvalue weighted by atomic mass is 10.00. The summed E-state index contributed by atoms with van der Waals surface area (Å²) >= 11 is 6.76. The summed E-state index contributed by atoms with van der Waals surface area (Å²) in [5, 5.41) is 0.939. The number of hydrogen-bond donors (Lipinski definition) is 1. The first-order chi connectivity index (χ1) is 10.1. The van der Waals surface area contributed by atoms with Crippen LogP contribution in [0.4, 0.5) is 5.13 Å². The molecule has 2 aromatic heterocycles. The number of nitrogens with one attached hydrogen (secondary N) is 1. The fourth-order valence-electron chi connectivity index (χ4n) is 2.68. The van der Waals surface area contributed by atoms with Gasteiger partial charge in [-0.15, -0.1) is 0 Å². The molecule has 2 aromatic rings. The number of nitrogens with zero attached hydrogens (tertiary/aromatic N) is 3. The molecule has 0 saturated carbocycles. The van der Waals surface area contributed by atoms with Gasteiger partial charge in [0.05, 0.1) is 0 Å². The molecule has 1 fully saturated rings. The maximum absolute atomic E-state index is 12.5. The monoisotopic (exact) mass is 324 g/mol. The lowest BCUT2D eigenvalue weighted by Gasteiger charge is -2.29. The Morgan fingerprint density at radius 3 is 2.81 bits per heavy atom. The van der Waals surface area contributed by atoms with E-state index in [2.05, 4.69) is 21.8 Å². The first-order valence-corrected chi connectivity index (χ1v) is 8.71. The second kappa shape index (κ2) is 5.88. The number of anilines is 1. The van der Waals surface area contributed by atoms with E-state index in [-0.39, 0.29) is 5.56 Å². The van der Waals surface area contributed by atoms with Crippen LogP contribution in [0.25, 0.3) is 10.3 Å². The summed E-state index contributed by atoms with van der Waals surface area (Å²) < 4.78 is 2.79. The summed E-state index contributed by atoms with van der Waals surface area (Å²) in [5.41, 5.74) is 0.626. The fourth-order valence-corrected chi connectivity index (χ4v) is 3.98. The molecular weight excluding hydrogens is 304 g/mol. The Kier molecular flexibility index (Phi) is 4.12. The van der Waals surface area contributed by atoms with Crippen molar-refractivity contribution in [2.75, 3.05) is 18.0 Å². The minimum absolute atomic E-state index is 0.00951. The average Bonchev–Trinajstić information content (AvgIpc) is 2.88. The largest absolute Gasteiger partial charge is 0.348 e. The minimum Gasteiger partial charge on any atom is -0.348 e. The minimum atomic E-state index is -0.00951. The summed E-state index contributed by atoms with van der Waals surface area (Å²) in [6.45, 7) is 7.02. The van der Waals surface area contributed by atoms with Gasteiger partial charge in [-0.3, -0.25) is 9.36 Å². The lowest BCUT2D eigenvalue weighted by Crippen LogP contribution is -2.32. The molecule has 114 valence electrons. The van der Waals surface area contributed by atoms with Crippen molar-refractivity contribution in [1.29, 1.82) is 0 Å². The van der Waals surface area contributed by atoms with Gasteiger partial charge in [-0.1, -0.05) is 25.2 Å². The van der Waals surface area contributed by atoms with Crippen molar-refractivity contribution >= 4 is 39.0 Å². The Morgan fingerprint density at radius 1 is 1.43 bits per heavy atom. The molecule has 1 aliphatic heterocycles. The maximum atomic E-state index is 12.5. The zero-order valence-corrected chi connectivity index (χ0v) is 14.0. The molecule has 0 aliphatic carbocycles. The number of hydrogen-bond acceptors (Lipinski definition) is 5. The Bertz CT molecular complexity index is 752. The summed E-state index contributed by atoms with van der Waals surface area (Å²) in [6, 6.07) is 0. The topological polar surface area (TPSA) is 53.9 Å². The van der Waals surface area contributed by atoms with Gasteiger partial charge < -0.3 is 9.88 Å². The number of thiazole rings is 1. The molecule has 3 rings (SSSR count). The van der Waals surface area contributed by atoms with Crippen LogP contribution in [0.5, 0.6) is 0 Å².